The van der Waals surface area contributed by atoms with Crippen LogP contribution in [-0.4, -0.2) is 16.6 Å². The lowest BCUT2D eigenvalue weighted by Crippen LogP contribution is -2.45. The zero-order valence-corrected chi connectivity index (χ0v) is 7.14. The minimum atomic E-state index is -1.51. The molecule has 0 fully saturated rings. The fourth-order valence-electron chi connectivity index (χ4n) is 0.632. The van der Waals surface area contributed by atoms with Gasteiger partial charge in [-0.3, -0.25) is 5.73 Å². The predicted molar refractivity (Wildman–Crippen MR) is 40.3 cm³/mol. The van der Waals surface area contributed by atoms with Crippen LogP contribution in [0.25, 0.3) is 0 Å². The molecule has 0 aliphatic rings. The summed E-state index contributed by atoms with van der Waals surface area (Å²) in [6.07, 6.45) is 0.820. The minimum Gasteiger partial charge on any atom is -0.354 e. The highest BCUT2D eigenvalue weighted by Crippen LogP contribution is 2.17. The number of rotatable bonds is 3. The number of ether oxygens (including phenoxy) is 1. The molecule has 0 heterocycles. The van der Waals surface area contributed by atoms with Gasteiger partial charge in [-0.25, -0.2) is 0 Å². The SMILES string of the molecule is CCC(C)(C)OC(C)(N)O. The number of aliphatic hydroxyl groups is 1. The van der Waals surface area contributed by atoms with Gasteiger partial charge >= 0.3 is 0 Å². The lowest BCUT2D eigenvalue weighted by molar-refractivity contribution is -0.243. The Bertz CT molecular complexity index is 105. The average molecular weight is 147 g/mol. The van der Waals surface area contributed by atoms with Crippen molar-refractivity contribution in [1.29, 1.82) is 0 Å². The third-order valence-corrected chi connectivity index (χ3v) is 1.33. The van der Waals surface area contributed by atoms with Crippen LogP contribution in [0.3, 0.4) is 0 Å². The molecule has 3 heteroatoms. The average Bonchev–Trinajstić information content (AvgIpc) is 1.60. The molecule has 0 saturated carbocycles. The molecule has 0 amide bonds. The number of hydrogen-bond acceptors (Lipinski definition) is 3. The summed E-state index contributed by atoms with van der Waals surface area (Å²) in [7, 11) is 0. The van der Waals surface area contributed by atoms with Crippen LogP contribution >= 0.6 is 0 Å². The van der Waals surface area contributed by atoms with Crippen LogP contribution in [0.1, 0.15) is 34.1 Å². The van der Waals surface area contributed by atoms with Crippen molar-refractivity contribution in [3.63, 3.8) is 0 Å². The molecular weight excluding hydrogens is 130 g/mol. The molecule has 0 spiro atoms. The van der Waals surface area contributed by atoms with Gasteiger partial charge in [-0.2, -0.15) is 0 Å². The van der Waals surface area contributed by atoms with E-state index in [1.165, 1.54) is 6.92 Å². The van der Waals surface area contributed by atoms with Crippen LogP contribution in [0.2, 0.25) is 0 Å². The summed E-state index contributed by atoms with van der Waals surface area (Å²) >= 11 is 0. The Labute approximate surface area is 62.2 Å². The van der Waals surface area contributed by atoms with Crippen molar-refractivity contribution in [3.8, 4) is 0 Å². The lowest BCUT2D eigenvalue weighted by atomic mass is 10.1. The third-order valence-electron chi connectivity index (χ3n) is 1.33. The predicted octanol–water partition coefficient (Wildman–Crippen LogP) is 0.816. The van der Waals surface area contributed by atoms with Crippen molar-refractivity contribution in [2.45, 2.75) is 45.6 Å². The Morgan fingerprint density at radius 2 is 1.80 bits per heavy atom. The van der Waals surface area contributed by atoms with Gasteiger partial charge in [-0.05, 0) is 20.3 Å². The molecule has 0 aliphatic heterocycles. The van der Waals surface area contributed by atoms with Gasteiger partial charge in [0, 0.05) is 6.92 Å². The summed E-state index contributed by atoms with van der Waals surface area (Å²) < 4.78 is 5.11. The fourth-order valence-corrected chi connectivity index (χ4v) is 0.632. The molecule has 3 N–H and O–H groups in total. The summed E-state index contributed by atoms with van der Waals surface area (Å²) in [4.78, 5) is 0. The van der Waals surface area contributed by atoms with Crippen LogP contribution in [0, 0.1) is 0 Å². The molecule has 0 aliphatic carbocycles. The maximum absolute atomic E-state index is 9.04. The standard InChI is InChI=1S/C7H17NO2/c1-5-6(2,3)10-7(4,8)9/h9H,5,8H2,1-4H3. The van der Waals surface area contributed by atoms with Crippen molar-refractivity contribution in [2.75, 3.05) is 0 Å². The molecular formula is C7H17NO2. The van der Waals surface area contributed by atoms with E-state index in [-0.39, 0.29) is 5.60 Å². The summed E-state index contributed by atoms with van der Waals surface area (Å²) in [5.74, 6) is -1.51. The van der Waals surface area contributed by atoms with Crippen molar-refractivity contribution in [1.82, 2.24) is 0 Å². The highest BCUT2D eigenvalue weighted by molar-refractivity contribution is 4.67. The van der Waals surface area contributed by atoms with E-state index in [1.807, 2.05) is 20.8 Å². The van der Waals surface area contributed by atoms with Crippen LogP contribution in [-0.2, 0) is 4.74 Å². The van der Waals surface area contributed by atoms with Gasteiger partial charge in [-0.1, -0.05) is 6.92 Å². The molecule has 0 bridgehead atoms. The van der Waals surface area contributed by atoms with E-state index in [0.29, 0.717) is 0 Å². The van der Waals surface area contributed by atoms with E-state index >= 15 is 0 Å². The van der Waals surface area contributed by atoms with Gasteiger partial charge < -0.3 is 9.84 Å². The molecule has 10 heavy (non-hydrogen) atoms. The molecule has 0 radical (unpaired) electrons. The topological polar surface area (TPSA) is 55.5 Å². The van der Waals surface area contributed by atoms with E-state index < -0.39 is 5.91 Å². The Kier molecular flexibility index (Phi) is 2.83. The first kappa shape index (κ1) is 9.88. The second kappa shape index (κ2) is 2.86. The molecule has 0 aromatic carbocycles. The van der Waals surface area contributed by atoms with E-state index in [0.717, 1.165) is 6.42 Å². The van der Waals surface area contributed by atoms with Crippen LogP contribution in [0.5, 0.6) is 0 Å². The van der Waals surface area contributed by atoms with Crippen molar-refractivity contribution in [3.05, 3.63) is 0 Å². The molecule has 1 atom stereocenters. The summed E-state index contributed by atoms with van der Waals surface area (Å²) in [5.41, 5.74) is 4.88. The molecule has 0 rings (SSSR count). The summed E-state index contributed by atoms with van der Waals surface area (Å²) in [6.45, 7) is 7.17. The normalized spacial score (nSPS) is 18.6. The summed E-state index contributed by atoms with van der Waals surface area (Å²) in [6, 6.07) is 0. The zero-order valence-electron chi connectivity index (χ0n) is 7.14. The summed E-state index contributed by atoms with van der Waals surface area (Å²) in [5, 5.41) is 9.04. The van der Waals surface area contributed by atoms with Crippen molar-refractivity contribution >= 4 is 0 Å². The first-order valence-electron chi connectivity index (χ1n) is 3.48. The van der Waals surface area contributed by atoms with Gasteiger partial charge in [0.05, 0.1) is 5.60 Å². The van der Waals surface area contributed by atoms with Crippen LogP contribution < -0.4 is 5.73 Å². The fraction of sp³-hybridized carbons (Fsp3) is 1.00. The second-order valence-corrected chi connectivity index (χ2v) is 3.27. The number of hydrogen-bond donors (Lipinski definition) is 2. The first-order valence-corrected chi connectivity index (χ1v) is 3.48. The smallest absolute Gasteiger partial charge is 0.219 e. The lowest BCUT2D eigenvalue weighted by Gasteiger charge is -2.30. The molecule has 0 saturated heterocycles. The highest BCUT2D eigenvalue weighted by atomic mass is 16.7. The van der Waals surface area contributed by atoms with Crippen LogP contribution in [0.15, 0.2) is 0 Å². The third kappa shape index (κ3) is 4.73. The quantitative estimate of drug-likeness (QED) is 0.581. The largest absolute Gasteiger partial charge is 0.354 e. The van der Waals surface area contributed by atoms with Gasteiger partial charge in [-0.15, -0.1) is 0 Å². The first-order chi connectivity index (χ1) is 4.27. The van der Waals surface area contributed by atoms with Gasteiger partial charge in [0.2, 0.25) is 5.91 Å². The van der Waals surface area contributed by atoms with E-state index in [9.17, 15) is 0 Å². The van der Waals surface area contributed by atoms with Crippen LogP contribution in [0.4, 0.5) is 0 Å². The highest BCUT2D eigenvalue weighted by Gasteiger charge is 2.25. The Hall–Kier alpha value is -0.120. The zero-order chi connectivity index (χ0) is 8.41. The Balaban J connectivity index is 3.89. The molecule has 3 nitrogen and oxygen atoms in total. The van der Waals surface area contributed by atoms with E-state index in [1.54, 1.807) is 0 Å². The molecule has 1 unspecified atom stereocenters. The minimum absolute atomic E-state index is 0.349. The Morgan fingerprint density at radius 3 is 1.90 bits per heavy atom. The number of nitrogens with two attached hydrogens (primary N) is 1. The molecule has 0 aromatic heterocycles. The van der Waals surface area contributed by atoms with Crippen molar-refractivity contribution < 1.29 is 9.84 Å². The maximum atomic E-state index is 9.04. The Morgan fingerprint density at radius 1 is 1.40 bits per heavy atom. The molecule has 62 valence electrons. The van der Waals surface area contributed by atoms with Gasteiger partial charge in [0.1, 0.15) is 0 Å². The van der Waals surface area contributed by atoms with Gasteiger partial charge in [0.25, 0.3) is 0 Å². The maximum Gasteiger partial charge on any atom is 0.219 e. The monoisotopic (exact) mass is 147 g/mol. The molecule has 0 aromatic rings. The van der Waals surface area contributed by atoms with E-state index in [4.69, 9.17) is 15.6 Å². The van der Waals surface area contributed by atoms with Gasteiger partial charge in [0.15, 0.2) is 0 Å². The second-order valence-electron chi connectivity index (χ2n) is 3.27. The van der Waals surface area contributed by atoms with E-state index in [2.05, 4.69) is 0 Å². The van der Waals surface area contributed by atoms with Crippen molar-refractivity contribution in [2.24, 2.45) is 5.73 Å².